The summed E-state index contributed by atoms with van der Waals surface area (Å²) >= 11 is 12.5. The summed E-state index contributed by atoms with van der Waals surface area (Å²) in [6, 6.07) is 25.7. The number of anilines is 1. The Kier molecular flexibility index (Phi) is 13.1. The zero-order chi connectivity index (χ0) is 34.7. The lowest BCUT2D eigenvalue weighted by atomic mass is 10.0. The number of halogens is 2. The molecule has 0 aliphatic heterocycles. The first kappa shape index (κ1) is 36.6. The molecule has 4 rings (SSSR count). The molecule has 48 heavy (non-hydrogen) atoms. The van der Waals surface area contributed by atoms with E-state index in [1.165, 1.54) is 43.4 Å². The second-order valence-electron chi connectivity index (χ2n) is 11.0. The van der Waals surface area contributed by atoms with Gasteiger partial charge in [0.2, 0.25) is 11.8 Å². The zero-order valence-electron chi connectivity index (χ0n) is 27.1. The van der Waals surface area contributed by atoms with Crippen LogP contribution in [0.5, 0.6) is 11.5 Å². The van der Waals surface area contributed by atoms with Crippen LogP contribution >= 0.6 is 23.2 Å². The molecule has 0 aliphatic carbocycles. The Morgan fingerprint density at radius 1 is 0.833 bits per heavy atom. The number of methoxy groups -OCH3 is 2. The van der Waals surface area contributed by atoms with Gasteiger partial charge in [-0.3, -0.25) is 13.9 Å². The molecule has 0 saturated carbocycles. The van der Waals surface area contributed by atoms with E-state index in [1.54, 1.807) is 42.5 Å². The molecule has 0 heterocycles. The molecule has 4 aromatic carbocycles. The molecule has 1 N–H and O–H groups in total. The van der Waals surface area contributed by atoms with E-state index < -0.39 is 28.5 Å². The summed E-state index contributed by atoms with van der Waals surface area (Å²) in [5, 5.41) is 3.59. The van der Waals surface area contributed by atoms with Gasteiger partial charge in [-0.2, -0.15) is 0 Å². The van der Waals surface area contributed by atoms with Gasteiger partial charge < -0.3 is 19.7 Å². The molecule has 0 spiro atoms. The van der Waals surface area contributed by atoms with Gasteiger partial charge in [-0.15, -0.1) is 0 Å². The quantitative estimate of drug-likeness (QED) is 0.129. The number of amides is 2. The molecule has 2 amide bonds. The van der Waals surface area contributed by atoms with Gasteiger partial charge >= 0.3 is 0 Å². The van der Waals surface area contributed by atoms with Crippen LogP contribution in [0.3, 0.4) is 0 Å². The number of sulfonamides is 1. The Hall–Kier alpha value is -4.25. The molecule has 0 bridgehead atoms. The highest BCUT2D eigenvalue weighted by Crippen LogP contribution is 2.33. The monoisotopic (exact) mass is 711 g/mol. The Morgan fingerprint density at radius 2 is 1.52 bits per heavy atom. The molecular weight excluding hydrogens is 673 g/mol. The Morgan fingerprint density at radius 3 is 2.17 bits per heavy atom. The molecule has 4 aromatic rings. The van der Waals surface area contributed by atoms with Gasteiger partial charge in [0, 0.05) is 19.5 Å². The number of nitrogens with zero attached hydrogens (tertiary/aromatic N) is 2. The number of unbranched alkanes of at least 4 members (excludes halogenated alkanes) is 1. The van der Waals surface area contributed by atoms with Crippen molar-refractivity contribution >= 4 is 50.7 Å². The topological polar surface area (TPSA) is 105 Å². The summed E-state index contributed by atoms with van der Waals surface area (Å²) in [7, 11) is -1.43. The average Bonchev–Trinajstić information content (AvgIpc) is 3.10. The van der Waals surface area contributed by atoms with Crippen LogP contribution in [-0.2, 0) is 32.6 Å². The first-order valence-electron chi connectivity index (χ1n) is 15.4. The second-order valence-corrected chi connectivity index (χ2v) is 13.7. The van der Waals surface area contributed by atoms with Crippen molar-refractivity contribution in [1.29, 1.82) is 0 Å². The van der Waals surface area contributed by atoms with Gasteiger partial charge in [0.05, 0.1) is 34.8 Å². The van der Waals surface area contributed by atoms with Gasteiger partial charge in [0.25, 0.3) is 10.0 Å². The molecule has 0 aliphatic rings. The Bertz CT molecular complexity index is 1790. The Balaban J connectivity index is 1.83. The lowest BCUT2D eigenvalue weighted by Gasteiger charge is -2.34. The number of carbonyl (C=O) groups excluding carboxylic acids is 2. The minimum absolute atomic E-state index is 0.0449. The van der Waals surface area contributed by atoms with Gasteiger partial charge in [-0.1, -0.05) is 85.1 Å². The average molecular weight is 713 g/mol. The van der Waals surface area contributed by atoms with Gasteiger partial charge in [0.1, 0.15) is 24.1 Å². The lowest BCUT2D eigenvalue weighted by Crippen LogP contribution is -2.53. The molecule has 0 radical (unpaired) electrons. The first-order chi connectivity index (χ1) is 23.1. The van der Waals surface area contributed by atoms with Crippen LogP contribution in [-0.4, -0.2) is 58.5 Å². The highest BCUT2D eigenvalue weighted by molar-refractivity contribution is 7.92. The number of hydrogen-bond acceptors (Lipinski definition) is 6. The van der Waals surface area contributed by atoms with Crippen LogP contribution in [0.1, 0.15) is 30.9 Å². The number of ether oxygens (including phenoxy) is 2. The smallest absolute Gasteiger partial charge is 0.264 e. The normalized spacial score (nSPS) is 11.8. The molecule has 0 fully saturated rings. The van der Waals surface area contributed by atoms with E-state index in [-0.39, 0.29) is 40.2 Å². The predicted octanol–water partition coefficient (Wildman–Crippen LogP) is 6.76. The van der Waals surface area contributed by atoms with Crippen molar-refractivity contribution in [3.05, 3.63) is 118 Å². The largest absolute Gasteiger partial charge is 0.497 e. The van der Waals surface area contributed by atoms with Crippen molar-refractivity contribution in [3.8, 4) is 11.5 Å². The second kappa shape index (κ2) is 17.2. The van der Waals surface area contributed by atoms with Crippen molar-refractivity contribution in [2.75, 3.05) is 31.6 Å². The molecule has 0 saturated heterocycles. The molecule has 0 unspecified atom stereocenters. The van der Waals surface area contributed by atoms with Crippen molar-refractivity contribution in [1.82, 2.24) is 10.2 Å². The third kappa shape index (κ3) is 9.21. The summed E-state index contributed by atoms with van der Waals surface area (Å²) in [4.78, 5) is 29.9. The van der Waals surface area contributed by atoms with Crippen molar-refractivity contribution in [2.45, 2.75) is 43.7 Å². The van der Waals surface area contributed by atoms with Gasteiger partial charge in [0.15, 0.2) is 0 Å². The molecular formula is C36H39Cl2N3O6S. The van der Waals surface area contributed by atoms with Crippen LogP contribution in [0, 0.1) is 0 Å². The van der Waals surface area contributed by atoms with Crippen molar-refractivity contribution in [2.24, 2.45) is 0 Å². The summed E-state index contributed by atoms with van der Waals surface area (Å²) < 4.78 is 40.4. The lowest BCUT2D eigenvalue weighted by molar-refractivity contribution is -0.140. The summed E-state index contributed by atoms with van der Waals surface area (Å²) in [6.07, 6.45) is 1.81. The number of carbonyl (C=O) groups is 2. The summed E-state index contributed by atoms with van der Waals surface area (Å²) in [6.45, 7) is 1.76. The van der Waals surface area contributed by atoms with E-state index in [0.29, 0.717) is 22.9 Å². The molecule has 0 aromatic heterocycles. The first-order valence-corrected chi connectivity index (χ1v) is 17.6. The van der Waals surface area contributed by atoms with E-state index in [1.807, 2.05) is 37.3 Å². The number of rotatable bonds is 16. The van der Waals surface area contributed by atoms with E-state index >= 15 is 0 Å². The van der Waals surface area contributed by atoms with Gasteiger partial charge in [-0.25, -0.2) is 8.42 Å². The van der Waals surface area contributed by atoms with E-state index in [4.69, 9.17) is 32.7 Å². The fraction of sp³-hybridized carbons (Fsp3) is 0.278. The van der Waals surface area contributed by atoms with Crippen LogP contribution in [0.4, 0.5) is 5.69 Å². The maximum absolute atomic E-state index is 14.6. The number of nitrogens with one attached hydrogen (secondary N) is 1. The van der Waals surface area contributed by atoms with E-state index in [0.717, 1.165) is 22.7 Å². The van der Waals surface area contributed by atoms with Crippen LogP contribution in [0.25, 0.3) is 0 Å². The summed E-state index contributed by atoms with van der Waals surface area (Å²) in [5.74, 6) is -0.255. The fourth-order valence-electron chi connectivity index (χ4n) is 5.12. The number of hydrogen-bond donors (Lipinski definition) is 1. The van der Waals surface area contributed by atoms with Crippen LogP contribution < -0.4 is 19.1 Å². The maximum atomic E-state index is 14.6. The van der Waals surface area contributed by atoms with Crippen molar-refractivity contribution < 1.29 is 27.5 Å². The highest BCUT2D eigenvalue weighted by Gasteiger charge is 2.35. The maximum Gasteiger partial charge on any atom is 0.264 e. The van der Waals surface area contributed by atoms with E-state index in [9.17, 15) is 18.0 Å². The van der Waals surface area contributed by atoms with Crippen LogP contribution in [0.15, 0.2) is 102 Å². The standard InChI is InChI=1S/C36H39Cl2N3O6S/c1-4-5-21-39-36(43)33(23-26-11-7-6-8-12-26)40(24-27-15-20-30(37)31(38)22-27)35(42)25-41(32-13-9-10-14-34(32)47-3)48(44,45)29-18-16-28(46-2)17-19-29/h6-20,22,33H,4-5,21,23-25H2,1-3H3,(H,39,43)/t33-/m0/s1. The van der Waals surface area contributed by atoms with Crippen LogP contribution in [0.2, 0.25) is 10.0 Å². The third-order valence-electron chi connectivity index (χ3n) is 7.72. The van der Waals surface area contributed by atoms with Crippen molar-refractivity contribution in [3.63, 3.8) is 0 Å². The fourth-order valence-corrected chi connectivity index (χ4v) is 6.86. The van der Waals surface area contributed by atoms with Gasteiger partial charge in [-0.05, 0) is 66.1 Å². The Labute approximate surface area is 292 Å². The third-order valence-corrected chi connectivity index (χ3v) is 10.2. The summed E-state index contributed by atoms with van der Waals surface area (Å²) in [5.41, 5.74) is 1.59. The molecule has 1 atom stereocenters. The minimum atomic E-state index is -4.34. The SMILES string of the molecule is CCCCNC(=O)[C@H](Cc1ccccc1)N(Cc1ccc(Cl)c(Cl)c1)C(=O)CN(c1ccccc1OC)S(=O)(=O)c1ccc(OC)cc1. The molecule has 9 nitrogen and oxygen atoms in total. The molecule has 12 heteroatoms. The van der Waals surface area contributed by atoms with E-state index in [2.05, 4.69) is 5.32 Å². The zero-order valence-corrected chi connectivity index (χ0v) is 29.4. The molecule has 254 valence electrons. The predicted molar refractivity (Wildman–Crippen MR) is 189 cm³/mol. The highest BCUT2D eigenvalue weighted by atomic mass is 35.5. The number of benzene rings is 4. The number of para-hydroxylation sites is 2. The minimum Gasteiger partial charge on any atom is -0.497 e.